The first-order chi connectivity index (χ1) is 19.1. The van der Waals surface area contributed by atoms with Crippen LogP contribution in [0, 0.1) is 0 Å². The molecular formula is C30H36N6O2S. The van der Waals surface area contributed by atoms with Crippen molar-refractivity contribution in [2.24, 2.45) is 0 Å². The molecule has 9 heteroatoms. The number of anilines is 1. The summed E-state index contributed by atoms with van der Waals surface area (Å²) in [6.45, 7) is 6.03. The Kier molecular flexibility index (Phi) is 8.56. The number of hydrogen-bond acceptors (Lipinski definition) is 6. The second-order valence-corrected chi connectivity index (χ2v) is 11.1. The van der Waals surface area contributed by atoms with Gasteiger partial charge in [-0.05, 0) is 67.5 Å². The van der Waals surface area contributed by atoms with Gasteiger partial charge in [-0.3, -0.25) is 9.59 Å². The first kappa shape index (κ1) is 26.9. The van der Waals surface area contributed by atoms with E-state index in [0.717, 1.165) is 67.9 Å². The van der Waals surface area contributed by atoms with Crippen molar-refractivity contribution in [2.45, 2.75) is 58.0 Å². The van der Waals surface area contributed by atoms with E-state index < -0.39 is 0 Å². The summed E-state index contributed by atoms with van der Waals surface area (Å²) in [6, 6.07) is 16.2. The molecule has 1 aromatic carbocycles. The van der Waals surface area contributed by atoms with E-state index >= 15 is 0 Å². The molecule has 1 saturated heterocycles. The normalized spacial score (nSPS) is 14.2. The van der Waals surface area contributed by atoms with Gasteiger partial charge >= 0.3 is 0 Å². The Hall–Kier alpha value is -3.72. The maximum Gasteiger partial charge on any atom is 0.251 e. The van der Waals surface area contributed by atoms with Crippen LogP contribution >= 0.6 is 11.3 Å². The Bertz CT molecular complexity index is 1390. The van der Waals surface area contributed by atoms with Crippen LogP contribution in [0.2, 0.25) is 0 Å². The number of benzene rings is 1. The number of nitrogens with one attached hydrogen (secondary N) is 2. The van der Waals surface area contributed by atoms with E-state index in [2.05, 4.69) is 56.4 Å². The summed E-state index contributed by atoms with van der Waals surface area (Å²) in [5.41, 5.74) is 2.36. The first-order valence-corrected chi connectivity index (χ1v) is 14.7. The van der Waals surface area contributed by atoms with E-state index in [1.54, 1.807) is 17.5 Å². The lowest BCUT2D eigenvalue weighted by Crippen LogP contribution is -2.47. The largest absolute Gasteiger partial charge is 0.356 e. The van der Waals surface area contributed by atoms with E-state index in [1.807, 2.05) is 36.4 Å². The van der Waals surface area contributed by atoms with Crippen molar-refractivity contribution < 1.29 is 9.59 Å². The van der Waals surface area contributed by atoms with Crippen molar-refractivity contribution in [2.75, 3.05) is 24.5 Å². The number of pyridine rings is 1. The van der Waals surface area contributed by atoms with Crippen molar-refractivity contribution in [3.8, 4) is 0 Å². The second-order valence-electron chi connectivity index (χ2n) is 10.0. The molecule has 1 fully saturated rings. The molecular weight excluding hydrogens is 508 g/mol. The minimum atomic E-state index is -0.270. The van der Waals surface area contributed by atoms with Crippen LogP contribution in [0.3, 0.4) is 0 Å². The Morgan fingerprint density at radius 3 is 2.59 bits per heavy atom. The zero-order valence-corrected chi connectivity index (χ0v) is 23.4. The molecule has 4 aromatic rings. The lowest BCUT2D eigenvalue weighted by atomic mass is 10.0. The van der Waals surface area contributed by atoms with Gasteiger partial charge in [-0.2, -0.15) is 0 Å². The van der Waals surface area contributed by atoms with Crippen LogP contribution in [0.1, 0.15) is 66.6 Å². The number of hydrogen-bond donors (Lipinski definition) is 2. The third-order valence-electron chi connectivity index (χ3n) is 7.49. The highest BCUT2D eigenvalue weighted by atomic mass is 32.1. The summed E-state index contributed by atoms with van der Waals surface area (Å²) in [6.07, 6.45) is 6.29. The van der Waals surface area contributed by atoms with E-state index in [9.17, 15) is 9.59 Å². The molecule has 0 saturated carbocycles. The summed E-state index contributed by atoms with van der Waals surface area (Å²) < 4.78 is 2.34. The van der Waals surface area contributed by atoms with E-state index in [0.29, 0.717) is 11.6 Å². The number of carbonyl (C=O) groups is 2. The van der Waals surface area contributed by atoms with Crippen LogP contribution in [0.15, 0.2) is 60.1 Å². The number of carbonyl (C=O) groups excluding carboxylic acids is 2. The van der Waals surface area contributed by atoms with E-state index in [-0.39, 0.29) is 24.4 Å². The molecule has 0 atom stereocenters. The highest BCUT2D eigenvalue weighted by Crippen LogP contribution is 2.28. The molecule has 0 aliphatic carbocycles. The number of aromatic nitrogens is 3. The summed E-state index contributed by atoms with van der Waals surface area (Å²) in [5, 5.41) is 7.94. The first-order valence-electron chi connectivity index (χ1n) is 13.8. The fourth-order valence-electron chi connectivity index (χ4n) is 5.38. The third-order valence-corrected chi connectivity index (χ3v) is 8.36. The van der Waals surface area contributed by atoms with Gasteiger partial charge in [0.15, 0.2) is 0 Å². The van der Waals surface area contributed by atoms with Crippen molar-refractivity contribution >= 4 is 40.0 Å². The van der Waals surface area contributed by atoms with Crippen LogP contribution in [0.5, 0.6) is 0 Å². The molecule has 0 bridgehead atoms. The van der Waals surface area contributed by atoms with Crippen LogP contribution in [-0.4, -0.2) is 52.0 Å². The summed E-state index contributed by atoms with van der Waals surface area (Å²) >= 11 is 1.73. The molecule has 39 heavy (non-hydrogen) atoms. The average molecular weight is 545 g/mol. The standard InChI is InChI=1S/C30H36N6O2S/c1-3-23(4-2)36-26-11-10-21(18-25(26)34-28(36)19-24-8-7-17-39-24)30(38)32-20-29(37)33-22-12-15-35(16-13-22)27-9-5-6-14-31-27/h5-11,14,17-18,22-23H,3-4,12-13,15-16,19-20H2,1-2H3,(H,32,38)(H,33,37). The van der Waals surface area contributed by atoms with E-state index in [4.69, 9.17) is 4.98 Å². The molecule has 4 heterocycles. The Balaban J connectivity index is 1.19. The number of fused-ring (bicyclic) bond motifs is 1. The number of imidazole rings is 1. The van der Waals surface area contributed by atoms with Crippen LogP contribution in [0.4, 0.5) is 5.82 Å². The van der Waals surface area contributed by atoms with E-state index in [1.165, 1.54) is 4.88 Å². The highest BCUT2D eigenvalue weighted by Gasteiger charge is 2.22. The molecule has 3 aromatic heterocycles. The molecule has 5 rings (SSSR count). The van der Waals surface area contributed by atoms with Gasteiger partial charge in [0.1, 0.15) is 11.6 Å². The quantitative estimate of drug-likeness (QED) is 0.294. The van der Waals surface area contributed by atoms with Crippen molar-refractivity contribution in [3.63, 3.8) is 0 Å². The number of thiophene rings is 1. The molecule has 1 aliphatic rings. The Morgan fingerprint density at radius 1 is 1.08 bits per heavy atom. The van der Waals surface area contributed by atoms with Crippen LogP contribution < -0.4 is 15.5 Å². The highest BCUT2D eigenvalue weighted by molar-refractivity contribution is 7.09. The third kappa shape index (κ3) is 6.30. The molecule has 0 radical (unpaired) electrons. The molecule has 0 unspecified atom stereocenters. The summed E-state index contributed by atoms with van der Waals surface area (Å²) in [4.78, 5) is 38.4. The maximum absolute atomic E-state index is 12.9. The number of rotatable bonds is 10. The second kappa shape index (κ2) is 12.4. The van der Waals surface area contributed by atoms with Gasteiger partial charge in [0.2, 0.25) is 5.91 Å². The average Bonchev–Trinajstić information content (AvgIpc) is 3.61. The zero-order chi connectivity index (χ0) is 27.2. The van der Waals surface area contributed by atoms with Crippen LogP contribution in [0.25, 0.3) is 11.0 Å². The number of nitrogens with zero attached hydrogens (tertiary/aromatic N) is 4. The van der Waals surface area contributed by atoms with Gasteiger partial charge in [0.05, 0.1) is 17.6 Å². The predicted octanol–water partition coefficient (Wildman–Crippen LogP) is 4.96. The van der Waals surface area contributed by atoms with Gasteiger partial charge in [0, 0.05) is 48.2 Å². The number of piperidine rings is 1. The number of amides is 2. The summed E-state index contributed by atoms with van der Waals surface area (Å²) in [7, 11) is 0. The molecule has 2 amide bonds. The Morgan fingerprint density at radius 2 is 1.90 bits per heavy atom. The van der Waals surface area contributed by atoms with Gasteiger partial charge in [-0.25, -0.2) is 9.97 Å². The Labute approximate surface area is 233 Å². The fourth-order valence-corrected chi connectivity index (χ4v) is 6.08. The fraction of sp³-hybridized carbons (Fsp3) is 0.400. The minimum Gasteiger partial charge on any atom is -0.356 e. The van der Waals surface area contributed by atoms with Gasteiger partial charge < -0.3 is 20.1 Å². The SMILES string of the molecule is CCC(CC)n1c(Cc2cccs2)nc2cc(C(=O)NCC(=O)NC3CCN(c4ccccn4)CC3)ccc21. The van der Waals surface area contributed by atoms with Crippen molar-refractivity contribution in [1.29, 1.82) is 0 Å². The predicted molar refractivity (Wildman–Crippen MR) is 156 cm³/mol. The van der Waals surface area contributed by atoms with Gasteiger partial charge in [-0.15, -0.1) is 11.3 Å². The van der Waals surface area contributed by atoms with Crippen molar-refractivity contribution in [3.05, 3.63) is 76.4 Å². The monoisotopic (exact) mass is 544 g/mol. The lowest BCUT2D eigenvalue weighted by molar-refractivity contribution is -0.120. The van der Waals surface area contributed by atoms with Gasteiger partial charge in [-0.1, -0.05) is 26.0 Å². The molecule has 204 valence electrons. The van der Waals surface area contributed by atoms with Crippen molar-refractivity contribution in [1.82, 2.24) is 25.2 Å². The molecule has 1 aliphatic heterocycles. The molecule has 0 spiro atoms. The molecule has 8 nitrogen and oxygen atoms in total. The van der Waals surface area contributed by atoms with Crippen LogP contribution in [-0.2, 0) is 11.2 Å². The lowest BCUT2D eigenvalue weighted by Gasteiger charge is -2.33. The maximum atomic E-state index is 12.9. The smallest absolute Gasteiger partial charge is 0.251 e. The molecule has 2 N–H and O–H groups in total. The van der Waals surface area contributed by atoms with Gasteiger partial charge in [0.25, 0.3) is 5.91 Å². The zero-order valence-electron chi connectivity index (χ0n) is 22.6. The topological polar surface area (TPSA) is 92.1 Å². The summed E-state index contributed by atoms with van der Waals surface area (Å²) in [5.74, 6) is 1.55. The minimum absolute atomic E-state index is 0.0524.